The zero-order valence-electron chi connectivity index (χ0n) is 18.4. The first kappa shape index (κ1) is 22.9. The molecular formula is C23H27N3O4S. The van der Waals surface area contributed by atoms with Gasteiger partial charge in [-0.2, -0.15) is 0 Å². The third-order valence-electron chi connectivity index (χ3n) is 4.94. The molecule has 0 fully saturated rings. The summed E-state index contributed by atoms with van der Waals surface area (Å²) in [7, 11) is 0. The molecule has 7 nitrogen and oxygen atoms in total. The van der Waals surface area contributed by atoms with E-state index in [1.165, 1.54) is 11.8 Å². The second-order valence-electron chi connectivity index (χ2n) is 7.71. The molecule has 2 aromatic rings. The molecule has 1 N–H and O–H groups in total. The summed E-state index contributed by atoms with van der Waals surface area (Å²) in [6, 6.07) is 5.60. The monoisotopic (exact) mass is 441 g/mol. The van der Waals surface area contributed by atoms with E-state index in [0.717, 1.165) is 16.5 Å². The first-order valence-electron chi connectivity index (χ1n) is 10.0. The minimum absolute atomic E-state index is 0.256. The minimum Gasteiger partial charge on any atom is -0.470 e. The van der Waals surface area contributed by atoms with Crippen molar-refractivity contribution in [2.45, 2.75) is 51.4 Å². The van der Waals surface area contributed by atoms with Crippen molar-refractivity contribution in [2.75, 3.05) is 12.9 Å². The Balaban J connectivity index is 1.73. The van der Waals surface area contributed by atoms with Gasteiger partial charge in [0.1, 0.15) is 5.75 Å². The Morgan fingerprint density at radius 2 is 2.23 bits per heavy atom. The van der Waals surface area contributed by atoms with Crippen LogP contribution in [-0.2, 0) is 14.4 Å². The summed E-state index contributed by atoms with van der Waals surface area (Å²) in [5, 5.41) is 7.98. The summed E-state index contributed by atoms with van der Waals surface area (Å²) in [6.07, 6.45) is 9.07. The fourth-order valence-electron chi connectivity index (χ4n) is 3.32. The van der Waals surface area contributed by atoms with Gasteiger partial charge in [0, 0.05) is 23.8 Å². The molecule has 2 unspecified atom stereocenters. The zero-order chi connectivity index (χ0) is 22.6. The molecule has 3 rings (SSSR count). The quantitative estimate of drug-likeness (QED) is 0.498. The van der Waals surface area contributed by atoms with Gasteiger partial charge in [-0.05, 0) is 57.7 Å². The highest BCUT2D eigenvalue weighted by atomic mass is 32.2. The van der Waals surface area contributed by atoms with Gasteiger partial charge in [0.2, 0.25) is 11.7 Å². The molecule has 8 heteroatoms. The Hall–Kier alpha value is -2.76. The van der Waals surface area contributed by atoms with E-state index in [9.17, 15) is 4.79 Å². The summed E-state index contributed by atoms with van der Waals surface area (Å²) in [5.74, 6) is 2.91. The molecule has 1 aromatic heterocycles. The number of carbonyl (C=O) groups excluding carboxylic acids is 1. The van der Waals surface area contributed by atoms with Gasteiger partial charge < -0.3 is 19.6 Å². The smallest absolute Gasteiger partial charge is 0.272 e. The molecule has 0 bridgehead atoms. The number of hydrogen-bond donors (Lipinski definition) is 1. The van der Waals surface area contributed by atoms with Gasteiger partial charge in [0.15, 0.2) is 0 Å². The third kappa shape index (κ3) is 5.30. The number of carbonyl (C=O) groups is 1. The number of rotatable bonds is 8. The molecule has 1 aliphatic rings. The maximum absolute atomic E-state index is 13.0. The molecule has 0 spiro atoms. The highest BCUT2D eigenvalue weighted by Gasteiger charge is 2.36. The largest absolute Gasteiger partial charge is 0.470 e. The van der Waals surface area contributed by atoms with Crippen molar-refractivity contribution >= 4 is 34.3 Å². The summed E-state index contributed by atoms with van der Waals surface area (Å²) in [4.78, 5) is 22.7. The highest BCUT2D eigenvalue weighted by Crippen LogP contribution is 2.27. The molecule has 1 amide bonds. The van der Waals surface area contributed by atoms with Crippen LogP contribution in [0.5, 0.6) is 5.75 Å². The van der Waals surface area contributed by atoms with E-state index in [-0.39, 0.29) is 5.91 Å². The number of fused-ring (bicyclic) bond motifs is 1. The number of oxime groups is 1. The summed E-state index contributed by atoms with van der Waals surface area (Å²) in [6.45, 7) is 8.14. The molecule has 1 aliphatic heterocycles. The predicted molar refractivity (Wildman–Crippen MR) is 123 cm³/mol. The van der Waals surface area contributed by atoms with Crippen LogP contribution in [0.1, 0.15) is 38.3 Å². The van der Waals surface area contributed by atoms with E-state index in [1.807, 2.05) is 52.1 Å². The van der Waals surface area contributed by atoms with E-state index in [4.69, 9.17) is 20.7 Å². The average molecular weight is 442 g/mol. The molecule has 164 valence electrons. The van der Waals surface area contributed by atoms with Crippen LogP contribution in [0.25, 0.3) is 10.9 Å². The van der Waals surface area contributed by atoms with Crippen LogP contribution in [0.3, 0.4) is 0 Å². The van der Waals surface area contributed by atoms with Crippen molar-refractivity contribution in [3.63, 3.8) is 0 Å². The lowest BCUT2D eigenvalue weighted by Crippen LogP contribution is -2.53. The van der Waals surface area contributed by atoms with E-state index in [1.54, 1.807) is 6.20 Å². The second kappa shape index (κ2) is 9.58. The number of hydrogen-bond acceptors (Lipinski definition) is 7. The number of terminal acetylenes is 1. The van der Waals surface area contributed by atoms with Crippen LogP contribution in [0.15, 0.2) is 29.6 Å². The molecule has 0 radical (unpaired) electrons. The first-order valence-corrected chi connectivity index (χ1v) is 11.3. The number of aromatic nitrogens is 1. The van der Waals surface area contributed by atoms with Crippen molar-refractivity contribution in [3.05, 3.63) is 35.5 Å². The summed E-state index contributed by atoms with van der Waals surface area (Å²) in [5.41, 5.74) is 1.75. The van der Waals surface area contributed by atoms with Crippen LogP contribution < -0.4 is 10.1 Å². The number of nitrogens with one attached hydrogen (secondary N) is 1. The average Bonchev–Trinajstić information content (AvgIpc) is 3.21. The van der Waals surface area contributed by atoms with Crippen molar-refractivity contribution in [2.24, 2.45) is 5.16 Å². The highest BCUT2D eigenvalue weighted by molar-refractivity contribution is 7.99. The predicted octanol–water partition coefficient (Wildman–Crippen LogP) is 3.63. The van der Waals surface area contributed by atoms with E-state index in [2.05, 4.69) is 21.4 Å². The van der Waals surface area contributed by atoms with Gasteiger partial charge in [0.05, 0.1) is 23.2 Å². The van der Waals surface area contributed by atoms with Gasteiger partial charge in [-0.1, -0.05) is 11.1 Å². The topological polar surface area (TPSA) is 82.0 Å². The molecule has 0 saturated carbocycles. The minimum atomic E-state index is -0.745. The van der Waals surface area contributed by atoms with E-state index in [0.29, 0.717) is 30.1 Å². The number of aryl methyl sites for hydroxylation is 1. The van der Waals surface area contributed by atoms with Gasteiger partial charge in [-0.3, -0.25) is 9.78 Å². The maximum atomic E-state index is 13.0. The molecule has 0 saturated heterocycles. The maximum Gasteiger partial charge on any atom is 0.272 e. The fourth-order valence-corrected chi connectivity index (χ4v) is 3.80. The van der Waals surface area contributed by atoms with Crippen molar-refractivity contribution < 1.29 is 19.1 Å². The van der Waals surface area contributed by atoms with Crippen LogP contribution in [0.2, 0.25) is 0 Å². The van der Waals surface area contributed by atoms with Crippen LogP contribution in [0.4, 0.5) is 0 Å². The lowest BCUT2D eigenvalue weighted by atomic mass is 9.96. The number of thioether (sulfide) groups is 1. The van der Waals surface area contributed by atoms with Crippen LogP contribution in [0, 0.1) is 19.3 Å². The van der Waals surface area contributed by atoms with Gasteiger partial charge >= 0.3 is 0 Å². The molecule has 31 heavy (non-hydrogen) atoms. The van der Waals surface area contributed by atoms with Crippen LogP contribution >= 0.6 is 11.8 Å². The Morgan fingerprint density at radius 1 is 1.45 bits per heavy atom. The Labute approximate surface area is 186 Å². The first-order chi connectivity index (χ1) is 14.8. The van der Waals surface area contributed by atoms with Gasteiger partial charge in [-0.15, -0.1) is 18.2 Å². The normalized spacial score (nSPS) is 16.9. The second-order valence-corrected chi connectivity index (χ2v) is 8.61. The molecule has 2 heterocycles. The van der Waals surface area contributed by atoms with Gasteiger partial charge in [0.25, 0.3) is 5.91 Å². The molecule has 2 atom stereocenters. The van der Waals surface area contributed by atoms with Crippen molar-refractivity contribution in [1.29, 1.82) is 0 Å². The number of pyridine rings is 1. The SMILES string of the molecule is C#Cc1cnc2c(C)cc(OC(SC)C(=O)NC(C)(C)C3=NOC(OCC)C3)cc2c1. The molecule has 0 aliphatic carbocycles. The Bertz CT molecular complexity index is 1050. The lowest BCUT2D eigenvalue weighted by molar-refractivity contribution is -0.125. The van der Waals surface area contributed by atoms with Gasteiger partial charge in [-0.25, -0.2) is 0 Å². The van der Waals surface area contributed by atoms with E-state index < -0.39 is 17.3 Å². The summed E-state index contributed by atoms with van der Waals surface area (Å²) >= 11 is 1.31. The zero-order valence-corrected chi connectivity index (χ0v) is 19.2. The van der Waals surface area contributed by atoms with Crippen molar-refractivity contribution in [1.82, 2.24) is 10.3 Å². The Kier molecular flexibility index (Phi) is 7.08. The molecule has 1 aromatic carbocycles. The number of nitrogens with zero attached hydrogens (tertiary/aromatic N) is 2. The number of ether oxygens (including phenoxy) is 2. The Morgan fingerprint density at radius 3 is 2.90 bits per heavy atom. The standard InChI is InChI=1S/C23H27N3O4S/c1-7-15-10-16-11-17(9-14(3)20(16)24-13-15)29-22(31-6)21(27)25-23(4,5)18-12-19(28-8-2)30-26-18/h1,9-11,13,19,22H,8,12H2,2-6H3,(H,25,27). The van der Waals surface area contributed by atoms with Crippen LogP contribution in [-0.4, -0.2) is 46.7 Å². The third-order valence-corrected chi connectivity index (χ3v) is 5.67. The van der Waals surface area contributed by atoms with Crippen molar-refractivity contribution in [3.8, 4) is 18.1 Å². The fraction of sp³-hybridized carbons (Fsp3) is 0.435. The number of benzene rings is 1. The summed E-state index contributed by atoms with van der Waals surface area (Å²) < 4.78 is 11.5. The lowest BCUT2D eigenvalue weighted by Gasteiger charge is -2.28. The number of amides is 1. The van der Waals surface area contributed by atoms with E-state index >= 15 is 0 Å². The molecular weight excluding hydrogens is 414 g/mol.